The second-order valence-corrected chi connectivity index (χ2v) is 2.95. The zero-order valence-electron chi connectivity index (χ0n) is 5.37. The molecule has 60 valence electrons. The van der Waals surface area contributed by atoms with E-state index in [0.29, 0.717) is 10.9 Å². The van der Waals surface area contributed by atoms with Gasteiger partial charge in [-0.15, -0.1) is 0 Å². The van der Waals surface area contributed by atoms with Crippen molar-refractivity contribution in [2.45, 2.75) is 5.33 Å². The van der Waals surface area contributed by atoms with E-state index in [2.05, 4.69) is 15.9 Å². The van der Waals surface area contributed by atoms with Crippen molar-refractivity contribution in [3.63, 3.8) is 0 Å². The molecule has 0 aliphatic carbocycles. The van der Waals surface area contributed by atoms with Crippen molar-refractivity contribution in [2.75, 3.05) is 0 Å². The normalized spacial score (nSPS) is 10.2. The fraction of sp³-hybridized carbons (Fsp3) is 0.143. The molecule has 0 heterocycles. The lowest BCUT2D eigenvalue weighted by molar-refractivity contribution is 0.582. The molecule has 0 unspecified atom stereocenters. The molecule has 0 fully saturated rings. The quantitative estimate of drug-likeness (QED) is 0.521. The van der Waals surface area contributed by atoms with Gasteiger partial charge in [0, 0.05) is 5.33 Å². The molecule has 1 aromatic rings. The van der Waals surface area contributed by atoms with E-state index < -0.39 is 16.7 Å². The molecule has 0 atom stereocenters. The fourth-order valence-electron chi connectivity index (χ4n) is 0.685. The van der Waals surface area contributed by atoms with Crippen LogP contribution in [0.4, 0.5) is 8.78 Å². The highest BCUT2D eigenvalue weighted by molar-refractivity contribution is 9.08. The van der Waals surface area contributed by atoms with E-state index in [1.807, 2.05) is 0 Å². The fourth-order valence-corrected chi connectivity index (χ4v) is 1.12. The summed E-state index contributed by atoms with van der Waals surface area (Å²) in [5.41, 5.74) is 0.532. The summed E-state index contributed by atoms with van der Waals surface area (Å²) in [5, 5.41) is -0.0347. The second-order valence-electron chi connectivity index (χ2n) is 2.01. The molecule has 0 amide bonds. The summed E-state index contributed by atoms with van der Waals surface area (Å²) in [6.45, 7) is 0. The minimum Gasteiger partial charge on any atom is -0.205 e. The van der Waals surface area contributed by atoms with E-state index in [-0.39, 0.29) is 0 Å². The van der Waals surface area contributed by atoms with E-state index in [1.54, 1.807) is 0 Å². The van der Waals surface area contributed by atoms with Gasteiger partial charge in [-0.1, -0.05) is 27.5 Å². The van der Waals surface area contributed by atoms with Crippen LogP contribution in [0.3, 0.4) is 0 Å². The predicted octanol–water partition coefficient (Wildman–Crippen LogP) is 3.51. The van der Waals surface area contributed by atoms with Crippen LogP contribution in [0, 0.1) is 11.6 Å². The standard InChI is InChI=1S/C7H4BrClF2/c8-3-4-1-5(10)7(9)6(11)2-4/h1-2H,3H2. The summed E-state index contributed by atoms with van der Waals surface area (Å²) in [4.78, 5) is 0. The van der Waals surface area contributed by atoms with Crippen molar-refractivity contribution < 1.29 is 8.78 Å². The molecule has 0 aliphatic heterocycles. The Morgan fingerprint density at radius 2 is 1.73 bits per heavy atom. The van der Waals surface area contributed by atoms with E-state index in [9.17, 15) is 8.78 Å². The lowest BCUT2D eigenvalue weighted by Gasteiger charge is -1.98. The Balaban J connectivity index is 3.21. The second kappa shape index (κ2) is 3.50. The molecule has 0 nitrogen and oxygen atoms in total. The first kappa shape index (κ1) is 8.94. The zero-order chi connectivity index (χ0) is 8.43. The van der Waals surface area contributed by atoms with Crippen LogP contribution in [0.5, 0.6) is 0 Å². The summed E-state index contributed by atoms with van der Waals surface area (Å²) in [6.07, 6.45) is 0. The van der Waals surface area contributed by atoms with Crippen LogP contribution in [0.2, 0.25) is 5.02 Å². The van der Waals surface area contributed by atoms with Crippen LogP contribution in [0.15, 0.2) is 12.1 Å². The number of alkyl halides is 1. The Morgan fingerprint density at radius 3 is 2.09 bits per heavy atom. The molecular weight excluding hydrogens is 237 g/mol. The maximum Gasteiger partial charge on any atom is 0.145 e. The van der Waals surface area contributed by atoms with E-state index in [4.69, 9.17) is 11.6 Å². The first-order valence-corrected chi connectivity index (χ1v) is 4.34. The molecule has 11 heavy (non-hydrogen) atoms. The summed E-state index contributed by atoms with van der Waals surface area (Å²) in [7, 11) is 0. The maximum atomic E-state index is 12.6. The highest BCUT2D eigenvalue weighted by atomic mass is 79.9. The third kappa shape index (κ3) is 1.91. The maximum absolute atomic E-state index is 12.6. The molecule has 0 aliphatic rings. The smallest absolute Gasteiger partial charge is 0.145 e. The van der Waals surface area contributed by atoms with Gasteiger partial charge >= 0.3 is 0 Å². The Kier molecular flexibility index (Phi) is 2.84. The van der Waals surface area contributed by atoms with Crippen LogP contribution < -0.4 is 0 Å². The van der Waals surface area contributed by atoms with Gasteiger partial charge in [0.05, 0.1) is 0 Å². The van der Waals surface area contributed by atoms with Crippen LogP contribution >= 0.6 is 27.5 Å². The average molecular weight is 241 g/mol. The summed E-state index contributed by atoms with van der Waals surface area (Å²) >= 11 is 8.32. The van der Waals surface area contributed by atoms with Gasteiger partial charge in [0.25, 0.3) is 0 Å². The minimum atomic E-state index is -0.721. The van der Waals surface area contributed by atoms with Gasteiger partial charge in [0.2, 0.25) is 0 Å². The SMILES string of the molecule is Fc1cc(CBr)cc(F)c1Cl. The monoisotopic (exact) mass is 240 g/mol. The molecular formula is C7H4BrClF2. The lowest BCUT2D eigenvalue weighted by atomic mass is 10.2. The van der Waals surface area contributed by atoms with Crippen LogP contribution in [0.25, 0.3) is 0 Å². The number of rotatable bonds is 1. The van der Waals surface area contributed by atoms with Crippen molar-refractivity contribution in [3.05, 3.63) is 34.4 Å². The average Bonchev–Trinajstić information content (AvgIpc) is 1.99. The van der Waals surface area contributed by atoms with Gasteiger partial charge in [-0.25, -0.2) is 8.78 Å². The third-order valence-corrected chi connectivity index (χ3v) is 2.21. The summed E-state index contributed by atoms with van der Waals surface area (Å²) in [6, 6.07) is 2.39. The van der Waals surface area contributed by atoms with Gasteiger partial charge < -0.3 is 0 Å². The topological polar surface area (TPSA) is 0 Å². The van der Waals surface area contributed by atoms with Crippen LogP contribution in [0.1, 0.15) is 5.56 Å². The predicted molar refractivity (Wildman–Crippen MR) is 44.0 cm³/mol. The highest BCUT2D eigenvalue weighted by Gasteiger charge is 2.07. The molecule has 4 heteroatoms. The van der Waals surface area contributed by atoms with Crippen molar-refractivity contribution in [1.82, 2.24) is 0 Å². The van der Waals surface area contributed by atoms with Crippen molar-refractivity contribution in [3.8, 4) is 0 Å². The first-order valence-electron chi connectivity index (χ1n) is 2.84. The van der Waals surface area contributed by atoms with Crippen molar-refractivity contribution >= 4 is 27.5 Å². The van der Waals surface area contributed by atoms with E-state index in [0.717, 1.165) is 0 Å². The zero-order valence-corrected chi connectivity index (χ0v) is 7.72. The summed E-state index contributed by atoms with van der Waals surface area (Å²) in [5.74, 6) is -1.44. The molecule has 0 spiro atoms. The molecule has 0 aromatic heterocycles. The molecule has 0 radical (unpaired) electrons. The van der Waals surface area contributed by atoms with E-state index in [1.165, 1.54) is 12.1 Å². The molecule has 0 saturated carbocycles. The Morgan fingerprint density at radius 1 is 1.27 bits per heavy atom. The van der Waals surface area contributed by atoms with Gasteiger partial charge in [-0.2, -0.15) is 0 Å². The lowest BCUT2D eigenvalue weighted by Crippen LogP contribution is -1.87. The van der Waals surface area contributed by atoms with Crippen LogP contribution in [-0.2, 0) is 5.33 Å². The number of halogens is 4. The van der Waals surface area contributed by atoms with Crippen molar-refractivity contribution in [1.29, 1.82) is 0 Å². The number of hydrogen-bond acceptors (Lipinski definition) is 0. The first-order chi connectivity index (χ1) is 5.15. The van der Waals surface area contributed by atoms with Gasteiger partial charge in [0.1, 0.15) is 16.7 Å². The van der Waals surface area contributed by atoms with Gasteiger partial charge in [0.15, 0.2) is 0 Å². The molecule has 1 rings (SSSR count). The largest absolute Gasteiger partial charge is 0.205 e. The Hall–Kier alpha value is -0.150. The minimum absolute atomic E-state index is 0.415. The van der Waals surface area contributed by atoms with Gasteiger partial charge in [-0.05, 0) is 17.7 Å². The highest BCUT2D eigenvalue weighted by Crippen LogP contribution is 2.21. The van der Waals surface area contributed by atoms with E-state index >= 15 is 0 Å². The third-order valence-electron chi connectivity index (χ3n) is 1.20. The number of benzene rings is 1. The Bertz CT molecular complexity index is 252. The number of hydrogen-bond donors (Lipinski definition) is 0. The van der Waals surface area contributed by atoms with Crippen molar-refractivity contribution in [2.24, 2.45) is 0 Å². The summed E-state index contributed by atoms with van der Waals surface area (Å²) < 4.78 is 25.3. The Labute approximate surface area is 76.3 Å². The molecule has 1 aromatic carbocycles. The van der Waals surface area contributed by atoms with Crippen LogP contribution in [-0.4, -0.2) is 0 Å². The molecule has 0 N–H and O–H groups in total. The molecule has 0 saturated heterocycles. The molecule has 0 bridgehead atoms. The van der Waals surface area contributed by atoms with Gasteiger partial charge in [-0.3, -0.25) is 0 Å².